The highest BCUT2D eigenvalue weighted by atomic mass is 79.9. The van der Waals surface area contributed by atoms with Crippen LogP contribution >= 0.6 is 32.9 Å². The predicted molar refractivity (Wildman–Crippen MR) is 56.2 cm³/mol. The van der Waals surface area contributed by atoms with E-state index in [1.807, 2.05) is 0 Å². The molecule has 0 aromatic heterocycles. The van der Waals surface area contributed by atoms with E-state index < -0.39 is 0 Å². The van der Waals surface area contributed by atoms with E-state index in [1.54, 1.807) is 0 Å². The zero-order valence-electron chi connectivity index (χ0n) is 6.69. The van der Waals surface area contributed by atoms with Gasteiger partial charge in [0.2, 0.25) is 0 Å². The summed E-state index contributed by atoms with van der Waals surface area (Å²) in [6, 6.07) is 0. The molecule has 3 heteroatoms. The van der Waals surface area contributed by atoms with Gasteiger partial charge in [-0.05, 0) is 24.8 Å². The Balaban J connectivity index is 0. The Morgan fingerprint density at radius 1 is 1.30 bits per heavy atom. The van der Waals surface area contributed by atoms with Gasteiger partial charge in [-0.1, -0.05) is 29.8 Å². The van der Waals surface area contributed by atoms with E-state index in [4.69, 9.17) is 5.73 Å². The molecule has 2 N–H and O–H groups in total. The molecule has 0 aliphatic rings. The van der Waals surface area contributed by atoms with Gasteiger partial charge in [0.1, 0.15) is 0 Å². The molecule has 0 aliphatic carbocycles. The van der Waals surface area contributed by atoms with Crippen molar-refractivity contribution in [2.24, 2.45) is 11.1 Å². The SMILES string of the molecule is Br.CC(C)(CCN)CCBr. The van der Waals surface area contributed by atoms with Gasteiger partial charge >= 0.3 is 0 Å². The van der Waals surface area contributed by atoms with Crippen LogP contribution in [0.1, 0.15) is 26.7 Å². The minimum Gasteiger partial charge on any atom is -0.330 e. The molecule has 0 radical (unpaired) electrons. The smallest absolute Gasteiger partial charge is 0.00363 e. The van der Waals surface area contributed by atoms with E-state index in [1.165, 1.54) is 6.42 Å². The first-order valence-electron chi connectivity index (χ1n) is 3.38. The van der Waals surface area contributed by atoms with Gasteiger partial charge in [0, 0.05) is 5.33 Å². The lowest BCUT2D eigenvalue weighted by molar-refractivity contribution is 0.332. The van der Waals surface area contributed by atoms with Crippen molar-refractivity contribution >= 4 is 32.9 Å². The van der Waals surface area contributed by atoms with Gasteiger partial charge in [-0.2, -0.15) is 0 Å². The molecule has 0 heterocycles. The first kappa shape index (κ1) is 13.5. The van der Waals surface area contributed by atoms with E-state index in [-0.39, 0.29) is 17.0 Å². The molecule has 0 amide bonds. The van der Waals surface area contributed by atoms with Crippen LogP contribution in [-0.4, -0.2) is 11.9 Å². The Kier molecular flexibility index (Phi) is 8.94. The first-order valence-corrected chi connectivity index (χ1v) is 4.50. The molecule has 10 heavy (non-hydrogen) atoms. The second-order valence-electron chi connectivity index (χ2n) is 3.14. The van der Waals surface area contributed by atoms with Crippen LogP contribution in [0, 0.1) is 5.41 Å². The van der Waals surface area contributed by atoms with E-state index >= 15 is 0 Å². The molecule has 0 aliphatic heterocycles. The largest absolute Gasteiger partial charge is 0.330 e. The highest BCUT2D eigenvalue weighted by Gasteiger charge is 2.14. The number of halogens is 2. The fourth-order valence-corrected chi connectivity index (χ4v) is 1.84. The number of rotatable bonds is 4. The maximum atomic E-state index is 5.43. The number of nitrogens with two attached hydrogens (primary N) is 1. The van der Waals surface area contributed by atoms with E-state index in [9.17, 15) is 0 Å². The molecule has 0 spiro atoms. The van der Waals surface area contributed by atoms with Crippen LogP contribution in [0.25, 0.3) is 0 Å². The van der Waals surface area contributed by atoms with E-state index in [0.29, 0.717) is 5.41 Å². The third-order valence-corrected chi connectivity index (χ3v) is 1.99. The van der Waals surface area contributed by atoms with Crippen LogP contribution in [0.2, 0.25) is 0 Å². The Morgan fingerprint density at radius 3 is 2.10 bits per heavy atom. The molecule has 1 nitrogen and oxygen atoms in total. The van der Waals surface area contributed by atoms with Crippen molar-refractivity contribution in [2.45, 2.75) is 26.7 Å². The standard InChI is InChI=1S/C7H16BrN.BrH/c1-7(2,3-5-8)4-6-9;/h3-6,9H2,1-2H3;1H. The maximum Gasteiger partial charge on any atom is 0.00363 e. The van der Waals surface area contributed by atoms with Crippen molar-refractivity contribution in [3.05, 3.63) is 0 Å². The quantitative estimate of drug-likeness (QED) is 0.784. The van der Waals surface area contributed by atoms with Crippen LogP contribution in [0.5, 0.6) is 0 Å². The first-order chi connectivity index (χ1) is 4.12. The molecule has 64 valence electrons. The van der Waals surface area contributed by atoms with Crippen molar-refractivity contribution in [1.82, 2.24) is 0 Å². The van der Waals surface area contributed by atoms with Crippen LogP contribution in [-0.2, 0) is 0 Å². The summed E-state index contributed by atoms with van der Waals surface area (Å²) in [5.74, 6) is 0. The summed E-state index contributed by atoms with van der Waals surface area (Å²) in [6.07, 6.45) is 2.34. The average molecular weight is 275 g/mol. The van der Waals surface area contributed by atoms with Gasteiger partial charge in [0.15, 0.2) is 0 Å². The van der Waals surface area contributed by atoms with E-state index in [0.717, 1.165) is 18.3 Å². The zero-order valence-corrected chi connectivity index (χ0v) is 9.99. The molecule has 0 fully saturated rings. The number of hydrogen-bond donors (Lipinski definition) is 1. The fraction of sp³-hybridized carbons (Fsp3) is 1.00. The Labute approximate surface area is 82.6 Å². The van der Waals surface area contributed by atoms with Gasteiger partial charge < -0.3 is 5.73 Å². The normalized spacial score (nSPS) is 10.8. The monoisotopic (exact) mass is 273 g/mol. The topological polar surface area (TPSA) is 26.0 Å². The maximum absolute atomic E-state index is 5.43. The lowest BCUT2D eigenvalue weighted by Crippen LogP contribution is -2.17. The molecular formula is C7H17Br2N. The summed E-state index contributed by atoms with van der Waals surface area (Å²) in [5.41, 5.74) is 5.86. The number of alkyl halides is 1. The highest BCUT2D eigenvalue weighted by molar-refractivity contribution is 9.09. The zero-order chi connectivity index (χ0) is 7.33. The highest BCUT2D eigenvalue weighted by Crippen LogP contribution is 2.24. The van der Waals surface area contributed by atoms with Crippen LogP contribution < -0.4 is 5.73 Å². The van der Waals surface area contributed by atoms with Gasteiger partial charge in [-0.15, -0.1) is 17.0 Å². The third kappa shape index (κ3) is 7.03. The van der Waals surface area contributed by atoms with Crippen molar-refractivity contribution in [3.8, 4) is 0 Å². The summed E-state index contributed by atoms with van der Waals surface area (Å²) < 4.78 is 0. The molecule has 0 aromatic rings. The summed E-state index contributed by atoms with van der Waals surface area (Å²) in [4.78, 5) is 0. The third-order valence-electron chi connectivity index (χ3n) is 1.59. The molecular weight excluding hydrogens is 258 g/mol. The van der Waals surface area contributed by atoms with Crippen LogP contribution in [0.3, 0.4) is 0 Å². The molecule has 0 bridgehead atoms. The van der Waals surface area contributed by atoms with Gasteiger partial charge in [-0.25, -0.2) is 0 Å². The van der Waals surface area contributed by atoms with Crippen molar-refractivity contribution in [2.75, 3.05) is 11.9 Å². The number of hydrogen-bond acceptors (Lipinski definition) is 1. The molecule has 0 unspecified atom stereocenters. The minimum atomic E-state index is 0. The second kappa shape index (κ2) is 6.62. The molecule has 0 rings (SSSR count). The lowest BCUT2D eigenvalue weighted by atomic mass is 9.87. The Bertz CT molecular complexity index is 66.0. The summed E-state index contributed by atoms with van der Waals surface area (Å²) in [5, 5.41) is 1.08. The van der Waals surface area contributed by atoms with Crippen molar-refractivity contribution < 1.29 is 0 Å². The molecule has 0 atom stereocenters. The molecule has 0 saturated carbocycles. The summed E-state index contributed by atoms with van der Waals surface area (Å²) >= 11 is 3.41. The van der Waals surface area contributed by atoms with Crippen molar-refractivity contribution in [3.63, 3.8) is 0 Å². The summed E-state index contributed by atoms with van der Waals surface area (Å²) in [7, 11) is 0. The van der Waals surface area contributed by atoms with Crippen LogP contribution in [0.15, 0.2) is 0 Å². The predicted octanol–water partition coefficient (Wildman–Crippen LogP) is 2.72. The second-order valence-corrected chi connectivity index (χ2v) is 3.93. The van der Waals surface area contributed by atoms with Gasteiger partial charge in [0.25, 0.3) is 0 Å². The van der Waals surface area contributed by atoms with Crippen molar-refractivity contribution in [1.29, 1.82) is 0 Å². The minimum absolute atomic E-state index is 0. The summed E-state index contributed by atoms with van der Waals surface area (Å²) in [6.45, 7) is 5.31. The fourth-order valence-electron chi connectivity index (χ4n) is 0.772. The molecule has 0 aromatic carbocycles. The van der Waals surface area contributed by atoms with E-state index in [2.05, 4.69) is 29.8 Å². The Morgan fingerprint density at radius 2 is 1.80 bits per heavy atom. The van der Waals surface area contributed by atoms with Gasteiger partial charge in [0.05, 0.1) is 0 Å². The lowest BCUT2D eigenvalue weighted by Gasteiger charge is -2.21. The van der Waals surface area contributed by atoms with Gasteiger partial charge in [-0.3, -0.25) is 0 Å². The van der Waals surface area contributed by atoms with Crippen LogP contribution in [0.4, 0.5) is 0 Å². The molecule has 0 saturated heterocycles. The average Bonchev–Trinajstić information content (AvgIpc) is 1.64. The Hall–Kier alpha value is 0.920.